The fourth-order valence-electron chi connectivity index (χ4n) is 3.18. The zero-order valence-corrected chi connectivity index (χ0v) is 19.6. The number of halogens is 1. The minimum atomic E-state index is -0.141. The van der Waals surface area contributed by atoms with E-state index in [1.807, 2.05) is 53.1 Å². The standard InChI is InChI=1S/C22H20ClN5O2S2/c1-30-17-7-5-15(6-8-17)20-26-27-22(31)28(20)10-9-19(29)25-21-24-13-18(32-21)12-14-3-2-4-16(23)11-14/h2-8,11,13H,9-10,12H2,1H3,(H,27,31)(H,24,25,29). The van der Waals surface area contributed by atoms with Gasteiger partial charge in [0.2, 0.25) is 5.91 Å². The normalized spacial score (nSPS) is 10.8. The summed E-state index contributed by atoms with van der Waals surface area (Å²) in [6, 6.07) is 15.2. The molecule has 0 aliphatic carbocycles. The van der Waals surface area contributed by atoms with Crippen LogP contribution in [0.5, 0.6) is 5.75 Å². The molecule has 2 aromatic carbocycles. The van der Waals surface area contributed by atoms with Gasteiger partial charge in [-0.25, -0.2) is 4.98 Å². The minimum Gasteiger partial charge on any atom is -0.497 e. The van der Waals surface area contributed by atoms with Crippen LogP contribution in [0.15, 0.2) is 54.7 Å². The van der Waals surface area contributed by atoms with Gasteiger partial charge in [-0.15, -0.1) is 11.3 Å². The molecule has 32 heavy (non-hydrogen) atoms. The van der Waals surface area contributed by atoms with Crippen molar-refractivity contribution < 1.29 is 9.53 Å². The Balaban J connectivity index is 1.37. The van der Waals surface area contributed by atoms with Crippen molar-refractivity contribution in [3.05, 3.63) is 75.0 Å². The molecule has 2 aromatic heterocycles. The number of methoxy groups -OCH3 is 1. The van der Waals surface area contributed by atoms with Crippen molar-refractivity contribution in [2.24, 2.45) is 0 Å². The van der Waals surface area contributed by atoms with Crippen LogP contribution >= 0.6 is 35.2 Å². The van der Waals surface area contributed by atoms with Crippen LogP contribution in [0.4, 0.5) is 5.13 Å². The Hall–Kier alpha value is -3.01. The van der Waals surface area contributed by atoms with Crippen LogP contribution in [0.25, 0.3) is 11.4 Å². The first-order valence-corrected chi connectivity index (χ1v) is 11.4. The smallest absolute Gasteiger partial charge is 0.227 e. The monoisotopic (exact) mass is 485 g/mol. The van der Waals surface area contributed by atoms with Crippen molar-refractivity contribution in [3.8, 4) is 17.1 Å². The van der Waals surface area contributed by atoms with Crippen molar-refractivity contribution in [1.82, 2.24) is 19.7 Å². The zero-order chi connectivity index (χ0) is 22.5. The molecule has 164 valence electrons. The molecule has 0 unspecified atom stereocenters. The van der Waals surface area contributed by atoms with Crippen molar-refractivity contribution in [1.29, 1.82) is 0 Å². The molecule has 2 N–H and O–H groups in total. The molecular formula is C22H20ClN5O2S2. The summed E-state index contributed by atoms with van der Waals surface area (Å²) in [6.07, 6.45) is 2.72. The molecular weight excluding hydrogens is 466 g/mol. The highest BCUT2D eigenvalue weighted by atomic mass is 35.5. The van der Waals surface area contributed by atoms with Gasteiger partial charge in [0.15, 0.2) is 15.7 Å². The molecule has 7 nitrogen and oxygen atoms in total. The fourth-order valence-corrected chi connectivity index (χ4v) is 4.47. The van der Waals surface area contributed by atoms with Gasteiger partial charge < -0.3 is 10.1 Å². The van der Waals surface area contributed by atoms with E-state index in [-0.39, 0.29) is 12.3 Å². The molecule has 0 radical (unpaired) electrons. The van der Waals surface area contributed by atoms with Crippen molar-refractivity contribution >= 4 is 46.2 Å². The summed E-state index contributed by atoms with van der Waals surface area (Å²) < 4.78 is 7.47. The van der Waals surface area contributed by atoms with E-state index < -0.39 is 0 Å². The number of carbonyl (C=O) groups excluding carboxylic acids is 1. The Bertz CT molecular complexity index is 1280. The highest BCUT2D eigenvalue weighted by Crippen LogP contribution is 2.23. The third-order valence-electron chi connectivity index (χ3n) is 4.74. The number of aromatic nitrogens is 4. The van der Waals surface area contributed by atoms with E-state index in [2.05, 4.69) is 20.5 Å². The molecule has 0 saturated heterocycles. The third kappa shape index (κ3) is 5.42. The summed E-state index contributed by atoms with van der Waals surface area (Å²) in [7, 11) is 1.62. The number of amides is 1. The Labute approximate surface area is 199 Å². The lowest BCUT2D eigenvalue weighted by Crippen LogP contribution is -2.15. The van der Waals surface area contributed by atoms with Crippen LogP contribution in [0.2, 0.25) is 5.02 Å². The van der Waals surface area contributed by atoms with E-state index in [1.54, 1.807) is 13.3 Å². The lowest BCUT2D eigenvalue weighted by molar-refractivity contribution is -0.116. The molecule has 0 saturated carbocycles. The number of rotatable bonds is 8. The Morgan fingerprint density at radius 1 is 1.28 bits per heavy atom. The number of nitrogens with zero attached hydrogens (tertiary/aromatic N) is 3. The molecule has 2 heterocycles. The van der Waals surface area contributed by atoms with Gasteiger partial charge in [0.05, 0.1) is 7.11 Å². The molecule has 0 aliphatic rings. The molecule has 4 aromatic rings. The first kappa shape index (κ1) is 22.2. The molecule has 10 heteroatoms. The van der Waals surface area contributed by atoms with Gasteiger partial charge in [0.25, 0.3) is 0 Å². The minimum absolute atomic E-state index is 0.141. The van der Waals surface area contributed by atoms with Crippen LogP contribution in [-0.2, 0) is 17.8 Å². The largest absolute Gasteiger partial charge is 0.497 e. The zero-order valence-electron chi connectivity index (χ0n) is 17.2. The van der Waals surface area contributed by atoms with Gasteiger partial charge >= 0.3 is 0 Å². The number of hydrogen-bond acceptors (Lipinski definition) is 6. The highest BCUT2D eigenvalue weighted by Gasteiger charge is 2.12. The molecule has 0 atom stereocenters. The first-order chi connectivity index (χ1) is 15.5. The van der Waals surface area contributed by atoms with E-state index in [4.69, 9.17) is 28.6 Å². The van der Waals surface area contributed by atoms with Gasteiger partial charge in [-0.3, -0.25) is 14.5 Å². The van der Waals surface area contributed by atoms with Crippen LogP contribution < -0.4 is 10.1 Å². The number of aromatic amines is 1. The summed E-state index contributed by atoms with van der Waals surface area (Å²) in [5.74, 6) is 1.29. The van der Waals surface area contributed by atoms with Crippen molar-refractivity contribution in [2.45, 2.75) is 19.4 Å². The average molecular weight is 486 g/mol. The van der Waals surface area contributed by atoms with Gasteiger partial charge in [-0.1, -0.05) is 23.7 Å². The number of nitrogens with one attached hydrogen (secondary N) is 2. The summed E-state index contributed by atoms with van der Waals surface area (Å²) >= 11 is 12.8. The second-order valence-corrected chi connectivity index (χ2v) is 8.91. The predicted octanol–water partition coefficient (Wildman–Crippen LogP) is 5.35. The van der Waals surface area contributed by atoms with Crippen molar-refractivity contribution in [3.63, 3.8) is 0 Å². The van der Waals surface area contributed by atoms with E-state index in [0.29, 0.717) is 33.7 Å². The number of benzene rings is 2. The third-order valence-corrected chi connectivity index (χ3v) is 6.20. The quantitative estimate of drug-likeness (QED) is 0.329. The van der Waals surface area contributed by atoms with Crippen LogP contribution in [0, 0.1) is 4.77 Å². The van der Waals surface area contributed by atoms with Gasteiger partial charge in [0.1, 0.15) is 5.75 Å². The Morgan fingerprint density at radius 3 is 2.84 bits per heavy atom. The molecule has 0 bridgehead atoms. The lowest BCUT2D eigenvalue weighted by atomic mass is 10.1. The summed E-state index contributed by atoms with van der Waals surface area (Å²) in [5.41, 5.74) is 1.98. The summed E-state index contributed by atoms with van der Waals surface area (Å²) in [5, 5.41) is 11.2. The van der Waals surface area contributed by atoms with E-state index >= 15 is 0 Å². The molecule has 1 amide bonds. The van der Waals surface area contributed by atoms with Gasteiger partial charge in [-0.2, -0.15) is 5.10 Å². The van der Waals surface area contributed by atoms with Crippen LogP contribution in [0.3, 0.4) is 0 Å². The second kappa shape index (κ2) is 10.1. The topological polar surface area (TPSA) is 84.8 Å². The lowest BCUT2D eigenvalue weighted by Gasteiger charge is -2.07. The van der Waals surface area contributed by atoms with E-state index in [1.165, 1.54) is 11.3 Å². The number of anilines is 1. The van der Waals surface area contributed by atoms with Crippen LogP contribution in [0.1, 0.15) is 16.9 Å². The Morgan fingerprint density at radius 2 is 2.09 bits per heavy atom. The molecule has 0 spiro atoms. The number of H-pyrrole nitrogens is 1. The SMILES string of the molecule is COc1ccc(-c2n[nH]c(=S)n2CCC(=O)Nc2ncc(Cc3cccc(Cl)c3)s2)cc1. The Kier molecular flexibility index (Phi) is 6.99. The predicted molar refractivity (Wildman–Crippen MR) is 129 cm³/mol. The fraction of sp³-hybridized carbons (Fsp3) is 0.182. The average Bonchev–Trinajstić information content (AvgIpc) is 3.38. The van der Waals surface area contributed by atoms with Gasteiger partial charge in [-0.05, 0) is 54.2 Å². The van der Waals surface area contributed by atoms with E-state index in [9.17, 15) is 4.79 Å². The maximum atomic E-state index is 12.5. The number of ether oxygens (including phenoxy) is 1. The molecule has 4 rings (SSSR count). The number of thiazole rings is 1. The van der Waals surface area contributed by atoms with Crippen molar-refractivity contribution in [2.75, 3.05) is 12.4 Å². The molecule has 0 aliphatic heterocycles. The second-order valence-electron chi connectivity index (χ2n) is 6.97. The number of carbonyl (C=O) groups is 1. The number of hydrogen-bond donors (Lipinski definition) is 2. The summed E-state index contributed by atoms with van der Waals surface area (Å²) in [4.78, 5) is 17.9. The van der Waals surface area contributed by atoms with Gasteiger partial charge in [0, 0.05) is 41.0 Å². The van der Waals surface area contributed by atoms with Crippen LogP contribution in [-0.4, -0.2) is 32.8 Å². The maximum absolute atomic E-state index is 12.5. The maximum Gasteiger partial charge on any atom is 0.227 e. The van der Waals surface area contributed by atoms with E-state index in [0.717, 1.165) is 21.8 Å². The molecule has 0 fully saturated rings. The highest BCUT2D eigenvalue weighted by molar-refractivity contribution is 7.71. The first-order valence-electron chi connectivity index (χ1n) is 9.80. The summed E-state index contributed by atoms with van der Waals surface area (Å²) in [6.45, 7) is 0.392.